The molecular formula is C11H10BrN5O. The molecule has 92 valence electrons. The first-order valence-corrected chi connectivity index (χ1v) is 6.18. The van der Waals surface area contributed by atoms with E-state index in [2.05, 4.69) is 31.2 Å². The number of hydrogen-bond acceptors (Lipinski definition) is 5. The van der Waals surface area contributed by atoms with E-state index in [0.717, 1.165) is 21.3 Å². The van der Waals surface area contributed by atoms with Gasteiger partial charge in [-0.25, -0.2) is 9.67 Å². The van der Waals surface area contributed by atoms with Gasteiger partial charge in [-0.3, -0.25) is 0 Å². The zero-order valence-corrected chi connectivity index (χ0v) is 11.0. The summed E-state index contributed by atoms with van der Waals surface area (Å²) in [5.74, 6) is 0.588. The van der Waals surface area contributed by atoms with Crippen molar-refractivity contribution in [1.82, 2.24) is 20.0 Å². The van der Waals surface area contributed by atoms with Crippen LogP contribution in [0.1, 0.15) is 11.6 Å². The van der Waals surface area contributed by atoms with Gasteiger partial charge in [-0.15, -0.1) is 5.10 Å². The van der Waals surface area contributed by atoms with Crippen molar-refractivity contribution in [2.45, 2.75) is 13.1 Å². The van der Waals surface area contributed by atoms with Crippen LogP contribution in [-0.2, 0) is 13.1 Å². The van der Waals surface area contributed by atoms with E-state index in [1.165, 1.54) is 0 Å². The molecule has 0 bridgehead atoms. The molecule has 0 aliphatic rings. The third kappa shape index (κ3) is 2.02. The SMILES string of the molecule is NCc1cn(Cc2nc3cccc(Br)c3o2)nn1. The number of hydrogen-bond donors (Lipinski definition) is 1. The fraction of sp³-hybridized carbons (Fsp3) is 0.182. The van der Waals surface area contributed by atoms with E-state index < -0.39 is 0 Å². The van der Waals surface area contributed by atoms with E-state index in [0.29, 0.717) is 19.0 Å². The Labute approximate surface area is 111 Å². The van der Waals surface area contributed by atoms with Crippen molar-refractivity contribution < 1.29 is 4.42 Å². The molecule has 0 aliphatic heterocycles. The fourth-order valence-electron chi connectivity index (χ4n) is 1.68. The Kier molecular flexibility index (Phi) is 2.85. The first-order chi connectivity index (χ1) is 8.76. The molecule has 3 aromatic rings. The summed E-state index contributed by atoms with van der Waals surface area (Å²) in [6.45, 7) is 0.813. The molecular weight excluding hydrogens is 298 g/mol. The number of aromatic nitrogens is 4. The smallest absolute Gasteiger partial charge is 0.217 e. The summed E-state index contributed by atoms with van der Waals surface area (Å²) in [6.07, 6.45) is 1.78. The van der Waals surface area contributed by atoms with Crippen LogP contribution in [0, 0.1) is 0 Å². The molecule has 2 aromatic heterocycles. The van der Waals surface area contributed by atoms with Crippen LogP contribution in [0.2, 0.25) is 0 Å². The predicted molar refractivity (Wildman–Crippen MR) is 68.7 cm³/mol. The maximum atomic E-state index is 5.67. The minimum Gasteiger partial charge on any atom is -0.437 e. The molecule has 2 heterocycles. The maximum Gasteiger partial charge on any atom is 0.217 e. The standard InChI is InChI=1S/C11H10BrN5O/c12-8-2-1-3-9-11(8)18-10(14-9)6-17-5-7(4-13)15-16-17/h1-3,5H,4,6,13H2. The third-order valence-electron chi connectivity index (χ3n) is 2.50. The van der Waals surface area contributed by atoms with Gasteiger partial charge in [-0.2, -0.15) is 0 Å². The molecule has 1 aromatic carbocycles. The Balaban J connectivity index is 1.93. The van der Waals surface area contributed by atoms with Gasteiger partial charge in [0.15, 0.2) is 5.58 Å². The molecule has 0 saturated carbocycles. The minimum atomic E-state index is 0.374. The van der Waals surface area contributed by atoms with Crippen molar-refractivity contribution in [2.75, 3.05) is 0 Å². The normalized spacial score (nSPS) is 11.2. The van der Waals surface area contributed by atoms with Crippen molar-refractivity contribution in [1.29, 1.82) is 0 Å². The zero-order valence-electron chi connectivity index (χ0n) is 9.38. The van der Waals surface area contributed by atoms with Gasteiger partial charge in [0.05, 0.1) is 16.4 Å². The van der Waals surface area contributed by atoms with E-state index in [1.807, 2.05) is 18.2 Å². The second kappa shape index (κ2) is 4.51. The average molecular weight is 308 g/mol. The van der Waals surface area contributed by atoms with Crippen molar-refractivity contribution in [3.8, 4) is 0 Å². The summed E-state index contributed by atoms with van der Waals surface area (Å²) >= 11 is 3.43. The monoisotopic (exact) mass is 307 g/mol. The van der Waals surface area contributed by atoms with E-state index in [4.69, 9.17) is 10.2 Å². The highest BCUT2D eigenvalue weighted by Gasteiger charge is 2.09. The van der Waals surface area contributed by atoms with Gasteiger partial charge in [0.25, 0.3) is 0 Å². The number of nitrogens with zero attached hydrogens (tertiary/aromatic N) is 4. The van der Waals surface area contributed by atoms with Crippen molar-refractivity contribution in [3.63, 3.8) is 0 Å². The lowest BCUT2D eigenvalue weighted by Gasteiger charge is -1.93. The maximum absolute atomic E-state index is 5.67. The number of benzene rings is 1. The van der Waals surface area contributed by atoms with E-state index in [1.54, 1.807) is 10.9 Å². The second-order valence-corrected chi connectivity index (χ2v) is 4.66. The Morgan fingerprint density at radius 1 is 1.39 bits per heavy atom. The van der Waals surface area contributed by atoms with Gasteiger partial charge in [-0.05, 0) is 28.1 Å². The van der Waals surface area contributed by atoms with Crippen LogP contribution in [0.3, 0.4) is 0 Å². The van der Waals surface area contributed by atoms with Gasteiger partial charge in [0, 0.05) is 6.54 Å². The zero-order chi connectivity index (χ0) is 12.5. The lowest BCUT2D eigenvalue weighted by atomic mass is 10.3. The summed E-state index contributed by atoms with van der Waals surface area (Å²) in [4.78, 5) is 4.39. The predicted octanol–water partition coefficient (Wildman–Crippen LogP) is 1.69. The molecule has 2 N–H and O–H groups in total. The van der Waals surface area contributed by atoms with Crippen LogP contribution in [0.5, 0.6) is 0 Å². The molecule has 6 nitrogen and oxygen atoms in total. The molecule has 0 radical (unpaired) electrons. The van der Waals surface area contributed by atoms with E-state index >= 15 is 0 Å². The second-order valence-electron chi connectivity index (χ2n) is 3.81. The Morgan fingerprint density at radius 3 is 3.00 bits per heavy atom. The first-order valence-electron chi connectivity index (χ1n) is 5.39. The highest BCUT2D eigenvalue weighted by Crippen LogP contribution is 2.24. The van der Waals surface area contributed by atoms with Gasteiger partial charge < -0.3 is 10.2 Å². The van der Waals surface area contributed by atoms with Crippen molar-refractivity contribution in [3.05, 3.63) is 40.5 Å². The van der Waals surface area contributed by atoms with Crippen LogP contribution in [0.15, 0.2) is 33.3 Å². The molecule has 0 spiro atoms. The topological polar surface area (TPSA) is 82.8 Å². The summed E-state index contributed by atoms with van der Waals surface area (Å²) in [7, 11) is 0. The Morgan fingerprint density at radius 2 is 2.28 bits per heavy atom. The number of nitrogens with two attached hydrogens (primary N) is 1. The third-order valence-corrected chi connectivity index (χ3v) is 3.13. The van der Waals surface area contributed by atoms with Gasteiger partial charge in [-0.1, -0.05) is 11.3 Å². The fourth-order valence-corrected chi connectivity index (χ4v) is 2.11. The minimum absolute atomic E-state index is 0.374. The van der Waals surface area contributed by atoms with Crippen LogP contribution in [0.4, 0.5) is 0 Å². The van der Waals surface area contributed by atoms with Crippen LogP contribution in [0.25, 0.3) is 11.1 Å². The van der Waals surface area contributed by atoms with E-state index in [9.17, 15) is 0 Å². The van der Waals surface area contributed by atoms with Crippen LogP contribution in [-0.4, -0.2) is 20.0 Å². The lowest BCUT2D eigenvalue weighted by Crippen LogP contribution is -2.00. The summed E-state index contributed by atoms with van der Waals surface area (Å²) in [5.41, 5.74) is 7.78. The van der Waals surface area contributed by atoms with Crippen molar-refractivity contribution in [2.24, 2.45) is 5.73 Å². The Bertz CT molecular complexity index is 690. The number of oxazole rings is 1. The highest BCUT2D eigenvalue weighted by molar-refractivity contribution is 9.10. The molecule has 7 heteroatoms. The molecule has 0 atom stereocenters. The van der Waals surface area contributed by atoms with Crippen molar-refractivity contribution >= 4 is 27.0 Å². The number of fused-ring (bicyclic) bond motifs is 1. The average Bonchev–Trinajstić information content (AvgIpc) is 2.96. The molecule has 0 fully saturated rings. The molecule has 0 saturated heterocycles. The Hall–Kier alpha value is -1.73. The highest BCUT2D eigenvalue weighted by atomic mass is 79.9. The van der Waals surface area contributed by atoms with Gasteiger partial charge >= 0.3 is 0 Å². The molecule has 18 heavy (non-hydrogen) atoms. The van der Waals surface area contributed by atoms with E-state index in [-0.39, 0.29) is 0 Å². The number of rotatable bonds is 3. The van der Waals surface area contributed by atoms with Crippen LogP contribution >= 0.6 is 15.9 Å². The summed E-state index contributed by atoms with van der Waals surface area (Å²) in [5, 5.41) is 7.86. The molecule has 3 rings (SSSR count). The van der Waals surface area contributed by atoms with Crippen LogP contribution < -0.4 is 5.73 Å². The first kappa shape index (κ1) is 11.4. The van der Waals surface area contributed by atoms with Gasteiger partial charge in [0.2, 0.25) is 5.89 Å². The molecule has 0 aliphatic carbocycles. The number of halogens is 1. The van der Waals surface area contributed by atoms with Gasteiger partial charge in [0.1, 0.15) is 12.1 Å². The largest absolute Gasteiger partial charge is 0.437 e. The molecule has 0 unspecified atom stereocenters. The quantitative estimate of drug-likeness (QED) is 0.796. The summed E-state index contributed by atoms with van der Waals surface area (Å²) in [6, 6.07) is 5.74. The lowest BCUT2D eigenvalue weighted by molar-refractivity contribution is 0.485. The number of para-hydroxylation sites is 1. The molecule has 0 amide bonds. The summed E-state index contributed by atoms with van der Waals surface area (Å²) < 4.78 is 8.21.